The molecule has 0 atom stereocenters. The molecule has 0 aliphatic rings. The molecule has 0 saturated heterocycles. The molecule has 0 aliphatic heterocycles. The standard InChI is InChI=1S/C14H13BrClFN2O/c1-2-18-8-9-5-6-19-14(13(9)17)20-12-7-10(15)3-4-11(12)16/h3-7,18H,2,8H2,1H3. The number of halogens is 3. The molecular formula is C14H13BrClFN2O. The minimum atomic E-state index is -0.482. The number of aromatic nitrogens is 1. The summed E-state index contributed by atoms with van der Waals surface area (Å²) in [6.07, 6.45) is 1.51. The Balaban J connectivity index is 2.27. The van der Waals surface area contributed by atoms with Crippen LogP contribution in [0.5, 0.6) is 11.6 Å². The van der Waals surface area contributed by atoms with Crippen molar-refractivity contribution >= 4 is 27.5 Å². The van der Waals surface area contributed by atoms with Crippen molar-refractivity contribution in [1.82, 2.24) is 10.3 Å². The smallest absolute Gasteiger partial charge is 0.256 e. The maximum absolute atomic E-state index is 14.2. The van der Waals surface area contributed by atoms with Crippen molar-refractivity contribution in [2.24, 2.45) is 0 Å². The summed E-state index contributed by atoms with van der Waals surface area (Å²) in [5, 5.41) is 3.45. The van der Waals surface area contributed by atoms with Gasteiger partial charge in [-0.05, 0) is 30.8 Å². The number of hydrogen-bond acceptors (Lipinski definition) is 3. The molecule has 3 nitrogen and oxygen atoms in total. The zero-order chi connectivity index (χ0) is 14.5. The van der Waals surface area contributed by atoms with E-state index in [0.717, 1.165) is 11.0 Å². The minimum absolute atomic E-state index is 0.0830. The van der Waals surface area contributed by atoms with Gasteiger partial charge in [-0.1, -0.05) is 34.5 Å². The molecule has 0 unspecified atom stereocenters. The number of hydrogen-bond donors (Lipinski definition) is 1. The van der Waals surface area contributed by atoms with Crippen LogP contribution in [0.25, 0.3) is 0 Å². The Labute approximate surface area is 130 Å². The van der Waals surface area contributed by atoms with E-state index in [-0.39, 0.29) is 5.88 Å². The third-order valence-corrected chi connectivity index (χ3v) is 3.41. The Bertz CT molecular complexity index is 610. The highest BCUT2D eigenvalue weighted by molar-refractivity contribution is 9.10. The summed E-state index contributed by atoms with van der Waals surface area (Å²) in [6.45, 7) is 3.14. The zero-order valence-corrected chi connectivity index (χ0v) is 13.1. The summed E-state index contributed by atoms with van der Waals surface area (Å²) in [6, 6.07) is 6.73. The van der Waals surface area contributed by atoms with Crippen LogP contribution in [0.2, 0.25) is 5.02 Å². The Hall–Kier alpha value is -1.17. The van der Waals surface area contributed by atoms with Crippen molar-refractivity contribution in [3.63, 3.8) is 0 Å². The molecule has 0 amide bonds. The molecule has 6 heteroatoms. The molecule has 2 rings (SSSR count). The maximum atomic E-state index is 14.2. The van der Waals surface area contributed by atoms with E-state index in [1.54, 1.807) is 24.3 Å². The second kappa shape index (κ2) is 7.02. The average molecular weight is 360 g/mol. The lowest BCUT2D eigenvalue weighted by molar-refractivity contribution is 0.417. The zero-order valence-electron chi connectivity index (χ0n) is 10.8. The first-order valence-electron chi connectivity index (χ1n) is 6.08. The first-order valence-corrected chi connectivity index (χ1v) is 7.26. The molecular weight excluding hydrogens is 347 g/mol. The Morgan fingerprint density at radius 1 is 1.40 bits per heavy atom. The van der Waals surface area contributed by atoms with Gasteiger partial charge in [-0.3, -0.25) is 0 Å². The van der Waals surface area contributed by atoms with Crippen molar-refractivity contribution in [2.75, 3.05) is 6.54 Å². The van der Waals surface area contributed by atoms with E-state index in [1.807, 2.05) is 6.92 Å². The lowest BCUT2D eigenvalue weighted by atomic mass is 10.2. The Kier molecular flexibility index (Phi) is 5.34. The fraction of sp³-hybridized carbons (Fsp3) is 0.214. The molecule has 106 valence electrons. The summed E-state index contributed by atoms with van der Waals surface area (Å²) < 4.78 is 20.5. The molecule has 1 aromatic carbocycles. The second-order valence-corrected chi connectivity index (χ2v) is 5.37. The van der Waals surface area contributed by atoms with E-state index >= 15 is 0 Å². The Morgan fingerprint density at radius 3 is 2.95 bits per heavy atom. The van der Waals surface area contributed by atoms with Gasteiger partial charge in [0, 0.05) is 22.8 Å². The lowest BCUT2D eigenvalue weighted by Crippen LogP contribution is -2.13. The number of pyridine rings is 1. The van der Waals surface area contributed by atoms with E-state index in [1.165, 1.54) is 6.20 Å². The number of nitrogens with zero attached hydrogens (tertiary/aromatic N) is 1. The van der Waals surface area contributed by atoms with Gasteiger partial charge in [0.1, 0.15) is 5.75 Å². The molecule has 0 bridgehead atoms. The first kappa shape index (κ1) is 15.2. The lowest BCUT2D eigenvalue weighted by Gasteiger charge is -2.10. The summed E-state index contributed by atoms with van der Waals surface area (Å²) in [5.74, 6) is -0.210. The number of rotatable bonds is 5. The molecule has 2 aromatic rings. The summed E-state index contributed by atoms with van der Waals surface area (Å²) >= 11 is 9.33. The van der Waals surface area contributed by atoms with Crippen LogP contribution in [0.4, 0.5) is 4.39 Å². The topological polar surface area (TPSA) is 34.2 Å². The highest BCUT2D eigenvalue weighted by Gasteiger charge is 2.13. The fourth-order valence-electron chi connectivity index (χ4n) is 1.59. The van der Waals surface area contributed by atoms with Gasteiger partial charge >= 0.3 is 0 Å². The van der Waals surface area contributed by atoms with Crippen molar-refractivity contribution in [3.8, 4) is 11.6 Å². The quantitative estimate of drug-likeness (QED) is 0.851. The van der Waals surface area contributed by atoms with E-state index in [0.29, 0.717) is 22.9 Å². The van der Waals surface area contributed by atoms with Crippen molar-refractivity contribution in [2.45, 2.75) is 13.5 Å². The molecule has 1 N–H and O–H groups in total. The first-order chi connectivity index (χ1) is 9.61. The monoisotopic (exact) mass is 358 g/mol. The molecule has 0 fully saturated rings. The van der Waals surface area contributed by atoms with Crippen LogP contribution in [-0.4, -0.2) is 11.5 Å². The number of nitrogens with one attached hydrogen (secondary N) is 1. The van der Waals surface area contributed by atoms with Gasteiger partial charge in [-0.15, -0.1) is 0 Å². The van der Waals surface area contributed by atoms with E-state index in [2.05, 4.69) is 26.2 Å². The van der Waals surface area contributed by atoms with Gasteiger partial charge in [0.05, 0.1) is 5.02 Å². The van der Waals surface area contributed by atoms with Crippen LogP contribution in [0.1, 0.15) is 12.5 Å². The van der Waals surface area contributed by atoms with Gasteiger partial charge in [0.15, 0.2) is 5.82 Å². The van der Waals surface area contributed by atoms with E-state index in [9.17, 15) is 4.39 Å². The van der Waals surface area contributed by atoms with E-state index in [4.69, 9.17) is 16.3 Å². The molecule has 0 saturated carbocycles. The molecule has 20 heavy (non-hydrogen) atoms. The van der Waals surface area contributed by atoms with Gasteiger partial charge in [0.2, 0.25) is 0 Å². The van der Waals surface area contributed by atoms with Crippen molar-refractivity contribution < 1.29 is 9.13 Å². The Morgan fingerprint density at radius 2 is 2.20 bits per heavy atom. The maximum Gasteiger partial charge on any atom is 0.256 e. The predicted octanol–water partition coefficient (Wildman–Crippen LogP) is 4.54. The minimum Gasteiger partial charge on any atom is -0.435 e. The number of ether oxygens (including phenoxy) is 1. The van der Waals surface area contributed by atoms with Crippen molar-refractivity contribution in [3.05, 3.63) is 51.3 Å². The van der Waals surface area contributed by atoms with Crippen LogP contribution in [0.15, 0.2) is 34.9 Å². The van der Waals surface area contributed by atoms with Gasteiger partial charge < -0.3 is 10.1 Å². The number of benzene rings is 1. The van der Waals surface area contributed by atoms with Crippen LogP contribution in [0, 0.1) is 5.82 Å². The van der Waals surface area contributed by atoms with Crippen LogP contribution in [0.3, 0.4) is 0 Å². The average Bonchev–Trinajstić information content (AvgIpc) is 2.44. The van der Waals surface area contributed by atoms with Crippen LogP contribution >= 0.6 is 27.5 Å². The molecule has 0 radical (unpaired) electrons. The van der Waals surface area contributed by atoms with Crippen LogP contribution in [-0.2, 0) is 6.54 Å². The largest absolute Gasteiger partial charge is 0.435 e. The summed E-state index contributed by atoms with van der Waals surface area (Å²) in [7, 11) is 0. The molecule has 1 aromatic heterocycles. The van der Waals surface area contributed by atoms with E-state index < -0.39 is 5.82 Å². The molecule has 1 heterocycles. The molecule has 0 aliphatic carbocycles. The predicted molar refractivity (Wildman–Crippen MR) is 80.8 cm³/mol. The summed E-state index contributed by atoms with van der Waals surface area (Å²) in [5.41, 5.74) is 0.503. The third-order valence-electron chi connectivity index (χ3n) is 2.60. The van der Waals surface area contributed by atoms with Crippen LogP contribution < -0.4 is 10.1 Å². The third kappa shape index (κ3) is 3.69. The SMILES string of the molecule is CCNCc1ccnc(Oc2cc(Br)ccc2Cl)c1F. The van der Waals surface area contributed by atoms with Gasteiger partial charge in [-0.2, -0.15) is 0 Å². The highest BCUT2D eigenvalue weighted by atomic mass is 79.9. The van der Waals surface area contributed by atoms with Gasteiger partial charge in [0.25, 0.3) is 5.88 Å². The van der Waals surface area contributed by atoms with Gasteiger partial charge in [-0.25, -0.2) is 9.37 Å². The summed E-state index contributed by atoms with van der Waals surface area (Å²) in [4.78, 5) is 3.91. The van der Waals surface area contributed by atoms with Crippen molar-refractivity contribution in [1.29, 1.82) is 0 Å². The second-order valence-electron chi connectivity index (χ2n) is 4.05. The molecule has 0 spiro atoms. The fourth-order valence-corrected chi connectivity index (χ4v) is 2.09. The normalized spacial score (nSPS) is 10.6. The highest BCUT2D eigenvalue weighted by Crippen LogP contribution is 2.32.